The van der Waals surface area contributed by atoms with Crippen LogP contribution in [0.3, 0.4) is 0 Å². The molecule has 0 spiro atoms. The molecule has 2 heterocycles. The minimum Gasteiger partial charge on any atom is -0.465 e. The van der Waals surface area contributed by atoms with Crippen LogP contribution in [0.15, 0.2) is 54.2 Å². The van der Waals surface area contributed by atoms with Gasteiger partial charge in [-0.1, -0.05) is 24.3 Å². The number of ether oxygens (including phenoxy) is 1. The monoisotopic (exact) mass is 312 g/mol. The quantitative estimate of drug-likeness (QED) is 0.679. The van der Waals surface area contributed by atoms with Crippen molar-refractivity contribution >= 4 is 17.3 Å². The van der Waals surface area contributed by atoms with Gasteiger partial charge in [0.15, 0.2) is 0 Å². The molecule has 3 rings (SSSR count). The maximum atomic E-state index is 11.9. The van der Waals surface area contributed by atoms with Gasteiger partial charge in [0.05, 0.1) is 12.7 Å². The Kier molecular flexibility index (Phi) is 4.34. The average Bonchev–Trinajstić information content (AvgIpc) is 3.20. The third kappa shape index (κ3) is 3.09. The number of hydrogen-bond donors (Lipinski definition) is 0. The topological polar surface area (TPSA) is 44.1 Å². The first kappa shape index (κ1) is 14.5. The van der Waals surface area contributed by atoms with Gasteiger partial charge in [0.1, 0.15) is 5.82 Å². The third-order valence-electron chi connectivity index (χ3n) is 3.48. The number of hydrogen-bond acceptors (Lipinski definition) is 4. The van der Waals surface area contributed by atoms with E-state index < -0.39 is 0 Å². The van der Waals surface area contributed by atoms with Crippen LogP contribution in [-0.4, -0.2) is 22.6 Å². The zero-order valence-electron chi connectivity index (χ0n) is 12.2. The second kappa shape index (κ2) is 6.58. The van der Waals surface area contributed by atoms with Gasteiger partial charge < -0.3 is 9.30 Å². The molecule has 0 atom stereocenters. The Bertz CT molecular complexity index is 763. The molecule has 3 aromatic rings. The molecule has 0 aliphatic rings. The molecule has 5 heteroatoms. The summed E-state index contributed by atoms with van der Waals surface area (Å²) in [7, 11) is 1.40. The maximum Gasteiger partial charge on any atom is 0.338 e. The first-order chi connectivity index (χ1) is 10.8. The first-order valence-electron chi connectivity index (χ1n) is 6.96. The summed E-state index contributed by atoms with van der Waals surface area (Å²) in [5.74, 6) is 0.678. The lowest BCUT2D eigenvalue weighted by Gasteiger charge is -2.11. The highest BCUT2D eigenvalue weighted by molar-refractivity contribution is 7.09. The predicted molar refractivity (Wildman–Crippen MR) is 86.2 cm³/mol. The number of aromatic nitrogens is 2. The minimum absolute atomic E-state index is 0.310. The molecule has 2 aromatic heterocycles. The Labute approximate surface area is 133 Å². The molecular weight excluding hydrogens is 296 g/mol. The van der Waals surface area contributed by atoms with Gasteiger partial charge in [0.25, 0.3) is 0 Å². The van der Waals surface area contributed by atoms with E-state index in [2.05, 4.69) is 21.0 Å². The SMILES string of the molecule is COC(=O)c1ccccc1Cn1ccnc1Cc1cccs1. The molecular formula is C17H16N2O2S. The fraction of sp³-hybridized carbons (Fsp3) is 0.176. The lowest BCUT2D eigenvalue weighted by molar-refractivity contribution is 0.0599. The molecule has 1 aromatic carbocycles. The fourth-order valence-electron chi connectivity index (χ4n) is 2.37. The number of thiophene rings is 1. The zero-order valence-corrected chi connectivity index (χ0v) is 13.0. The Balaban J connectivity index is 1.85. The van der Waals surface area contributed by atoms with Gasteiger partial charge in [-0.2, -0.15) is 0 Å². The van der Waals surface area contributed by atoms with E-state index >= 15 is 0 Å². The number of esters is 1. The second-order valence-electron chi connectivity index (χ2n) is 4.88. The molecule has 0 fully saturated rings. The average molecular weight is 312 g/mol. The third-order valence-corrected chi connectivity index (χ3v) is 4.35. The van der Waals surface area contributed by atoms with Crippen molar-refractivity contribution in [1.82, 2.24) is 9.55 Å². The van der Waals surface area contributed by atoms with E-state index in [-0.39, 0.29) is 5.97 Å². The normalized spacial score (nSPS) is 10.6. The number of nitrogens with zero attached hydrogens (tertiary/aromatic N) is 2. The maximum absolute atomic E-state index is 11.9. The van der Waals surface area contributed by atoms with Crippen LogP contribution in [0.4, 0.5) is 0 Å². The summed E-state index contributed by atoms with van der Waals surface area (Å²) in [5.41, 5.74) is 1.53. The minimum atomic E-state index is -0.310. The van der Waals surface area contributed by atoms with E-state index in [1.54, 1.807) is 23.6 Å². The molecule has 0 amide bonds. The van der Waals surface area contributed by atoms with Crippen molar-refractivity contribution in [2.45, 2.75) is 13.0 Å². The van der Waals surface area contributed by atoms with Gasteiger partial charge in [-0.15, -0.1) is 11.3 Å². The van der Waals surface area contributed by atoms with Crippen molar-refractivity contribution in [3.05, 3.63) is 76.0 Å². The largest absolute Gasteiger partial charge is 0.465 e. The van der Waals surface area contributed by atoms with E-state index in [1.165, 1.54) is 12.0 Å². The summed E-state index contributed by atoms with van der Waals surface area (Å²) in [6.45, 7) is 0.603. The highest BCUT2D eigenvalue weighted by Gasteiger charge is 2.13. The van der Waals surface area contributed by atoms with Crippen LogP contribution in [0.2, 0.25) is 0 Å². The van der Waals surface area contributed by atoms with Crippen molar-refractivity contribution in [1.29, 1.82) is 0 Å². The van der Waals surface area contributed by atoms with E-state index in [4.69, 9.17) is 4.74 Å². The van der Waals surface area contributed by atoms with Crippen LogP contribution in [0.1, 0.15) is 26.6 Å². The molecule has 0 aliphatic carbocycles. The van der Waals surface area contributed by atoms with Crippen LogP contribution in [0.5, 0.6) is 0 Å². The molecule has 0 bridgehead atoms. The Morgan fingerprint density at radius 2 is 2.14 bits per heavy atom. The fourth-order valence-corrected chi connectivity index (χ4v) is 3.07. The lowest BCUT2D eigenvalue weighted by Crippen LogP contribution is -2.10. The molecule has 0 radical (unpaired) electrons. The van der Waals surface area contributed by atoms with Crippen molar-refractivity contribution in [2.24, 2.45) is 0 Å². The van der Waals surface area contributed by atoms with E-state index in [9.17, 15) is 4.79 Å². The molecule has 0 aliphatic heterocycles. The van der Waals surface area contributed by atoms with Crippen LogP contribution in [-0.2, 0) is 17.7 Å². The highest BCUT2D eigenvalue weighted by atomic mass is 32.1. The molecule has 4 nitrogen and oxygen atoms in total. The van der Waals surface area contributed by atoms with Crippen molar-refractivity contribution in [3.63, 3.8) is 0 Å². The van der Waals surface area contributed by atoms with Crippen molar-refractivity contribution < 1.29 is 9.53 Å². The Hall–Kier alpha value is -2.40. The van der Waals surface area contributed by atoms with Crippen molar-refractivity contribution in [3.8, 4) is 0 Å². The van der Waals surface area contributed by atoms with Crippen LogP contribution in [0.25, 0.3) is 0 Å². The van der Waals surface area contributed by atoms with Gasteiger partial charge in [0, 0.05) is 30.2 Å². The standard InChI is InChI=1S/C17H16N2O2S/c1-21-17(20)15-7-3-2-5-13(15)12-19-9-8-18-16(19)11-14-6-4-10-22-14/h2-10H,11-12H2,1H3. The summed E-state index contributed by atoms with van der Waals surface area (Å²) in [5, 5.41) is 2.06. The lowest BCUT2D eigenvalue weighted by atomic mass is 10.1. The zero-order chi connectivity index (χ0) is 15.4. The van der Waals surface area contributed by atoms with E-state index in [0.29, 0.717) is 12.1 Å². The van der Waals surface area contributed by atoms with Gasteiger partial charge in [0.2, 0.25) is 0 Å². The number of benzene rings is 1. The smallest absolute Gasteiger partial charge is 0.338 e. The number of carbonyl (C=O) groups is 1. The molecule has 0 saturated carbocycles. The van der Waals surface area contributed by atoms with Crippen molar-refractivity contribution in [2.75, 3.05) is 7.11 Å². The van der Waals surface area contributed by atoms with Crippen LogP contribution < -0.4 is 0 Å². The predicted octanol–water partition coefficient (Wildman–Crippen LogP) is 3.37. The summed E-state index contributed by atoms with van der Waals surface area (Å²) < 4.78 is 6.92. The van der Waals surface area contributed by atoms with Gasteiger partial charge in [-0.25, -0.2) is 9.78 Å². The van der Waals surface area contributed by atoms with Crippen LogP contribution >= 0.6 is 11.3 Å². The highest BCUT2D eigenvalue weighted by Crippen LogP contribution is 2.17. The number of imidazole rings is 1. The summed E-state index contributed by atoms with van der Waals surface area (Å²) in [6, 6.07) is 11.7. The summed E-state index contributed by atoms with van der Waals surface area (Å²) in [4.78, 5) is 17.6. The van der Waals surface area contributed by atoms with Gasteiger partial charge >= 0.3 is 5.97 Å². The van der Waals surface area contributed by atoms with E-state index in [0.717, 1.165) is 17.8 Å². The molecule has 0 N–H and O–H groups in total. The number of methoxy groups -OCH3 is 1. The summed E-state index contributed by atoms with van der Waals surface area (Å²) >= 11 is 1.72. The van der Waals surface area contributed by atoms with Gasteiger partial charge in [-0.3, -0.25) is 0 Å². The second-order valence-corrected chi connectivity index (χ2v) is 5.91. The molecule has 0 saturated heterocycles. The number of rotatable bonds is 5. The first-order valence-corrected chi connectivity index (χ1v) is 7.84. The van der Waals surface area contributed by atoms with E-state index in [1.807, 2.05) is 30.5 Å². The Morgan fingerprint density at radius 1 is 1.27 bits per heavy atom. The van der Waals surface area contributed by atoms with Gasteiger partial charge in [-0.05, 0) is 23.1 Å². The number of carbonyl (C=O) groups excluding carboxylic acids is 1. The summed E-state index contributed by atoms with van der Waals surface area (Å²) in [6.07, 6.45) is 4.53. The molecule has 112 valence electrons. The molecule has 22 heavy (non-hydrogen) atoms. The van der Waals surface area contributed by atoms with Crippen LogP contribution in [0, 0.1) is 0 Å². The molecule has 0 unspecified atom stereocenters. The Morgan fingerprint density at radius 3 is 2.91 bits per heavy atom.